The van der Waals surface area contributed by atoms with Crippen molar-refractivity contribution in [1.82, 2.24) is 0 Å². The van der Waals surface area contributed by atoms with Gasteiger partial charge in [-0.3, -0.25) is 0 Å². The average Bonchev–Trinajstić information content (AvgIpc) is 2.30. The van der Waals surface area contributed by atoms with Crippen molar-refractivity contribution in [3.63, 3.8) is 0 Å². The highest BCUT2D eigenvalue weighted by Crippen LogP contribution is 2.24. The highest BCUT2D eigenvalue weighted by atomic mass is 16.5. The third kappa shape index (κ3) is 2.65. The maximum absolute atomic E-state index is 11.4. The van der Waals surface area contributed by atoms with Crippen molar-refractivity contribution < 1.29 is 9.15 Å². The standard InChI is InChI=1S/C13H15NO3/c1-9-3-4-11-10(7-9)12(8-13(15)17-11)16-6-2-5-14/h3-4,7-8H,2,5-6,14H2,1H3. The van der Waals surface area contributed by atoms with Gasteiger partial charge in [0.15, 0.2) is 0 Å². The van der Waals surface area contributed by atoms with E-state index in [0.717, 1.165) is 17.4 Å². The molecule has 4 heteroatoms. The van der Waals surface area contributed by atoms with E-state index < -0.39 is 5.63 Å². The van der Waals surface area contributed by atoms with Crippen LogP contribution in [0.4, 0.5) is 0 Å². The number of rotatable bonds is 4. The summed E-state index contributed by atoms with van der Waals surface area (Å²) in [5.41, 5.74) is 6.64. The van der Waals surface area contributed by atoms with Gasteiger partial charge in [-0.05, 0) is 32.0 Å². The zero-order valence-electron chi connectivity index (χ0n) is 9.73. The number of ether oxygens (including phenoxy) is 1. The summed E-state index contributed by atoms with van der Waals surface area (Å²) in [6, 6.07) is 6.99. The molecule has 0 unspecified atom stereocenters. The number of hydrogen-bond donors (Lipinski definition) is 1. The smallest absolute Gasteiger partial charge is 0.339 e. The van der Waals surface area contributed by atoms with E-state index in [1.165, 1.54) is 6.07 Å². The van der Waals surface area contributed by atoms with Crippen LogP contribution in [0.3, 0.4) is 0 Å². The van der Waals surface area contributed by atoms with Crippen LogP contribution < -0.4 is 16.1 Å². The van der Waals surface area contributed by atoms with Crippen LogP contribution in [0, 0.1) is 6.92 Å². The highest BCUT2D eigenvalue weighted by Gasteiger charge is 2.06. The lowest BCUT2D eigenvalue weighted by molar-refractivity contribution is 0.314. The Bertz CT molecular complexity index is 574. The summed E-state index contributed by atoms with van der Waals surface area (Å²) < 4.78 is 10.7. The van der Waals surface area contributed by atoms with Crippen molar-refractivity contribution in [3.05, 3.63) is 40.2 Å². The molecule has 0 bridgehead atoms. The van der Waals surface area contributed by atoms with Gasteiger partial charge >= 0.3 is 5.63 Å². The lowest BCUT2D eigenvalue weighted by atomic mass is 10.1. The topological polar surface area (TPSA) is 65.5 Å². The molecule has 4 nitrogen and oxygen atoms in total. The lowest BCUT2D eigenvalue weighted by Crippen LogP contribution is -2.08. The molecule has 1 aromatic carbocycles. The van der Waals surface area contributed by atoms with E-state index in [-0.39, 0.29) is 0 Å². The summed E-state index contributed by atoms with van der Waals surface area (Å²) in [4.78, 5) is 11.4. The first-order valence-electron chi connectivity index (χ1n) is 5.58. The molecule has 0 atom stereocenters. The average molecular weight is 233 g/mol. The minimum Gasteiger partial charge on any atom is -0.492 e. The number of aryl methyl sites for hydroxylation is 1. The summed E-state index contributed by atoms with van der Waals surface area (Å²) in [5, 5.41) is 0.821. The monoisotopic (exact) mass is 233 g/mol. The van der Waals surface area contributed by atoms with E-state index >= 15 is 0 Å². The Morgan fingerprint density at radius 3 is 2.94 bits per heavy atom. The quantitative estimate of drug-likeness (QED) is 0.646. The molecule has 0 aliphatic rings. The van der Waals surface area contributed by atoms with Crippen LogP contribution in [0.5, 0.6) is 5.75 Å². The van der Waals surface area contributed by atoms with Gasteiger partial charge in [0, 0.05) is 0 Å². The number of fused-ring (bicyclic) bond motifs is 1. The molecule has 0 radical (unpaired) electrons. The Hall–Kier alpha value is -1.81. The zero-order valence-corrected chi connectivity index (χ0v) is 9.73. The minimum absolute atomic E-state index is 0.399. The van der Waals surface area contributed by atoms with E-state index in [1.54, 1.807) is 6.07 Å². The third-order valence-corrected chi connectivity index (χ3v) is 2.47. The molecule has 17 heavy (non-hydrogen) atoms. The molecule has 0 fully saturated rings. The second kappa shape index (κ2) is 5.01. The summed E-state index contributed by atoms with van der Waals surface area (Å²) in [6.07, 6.45) is 0.757. The fraction of sp³-hybridized carbons (Fsp3) is 0.308. The predicted molar refractivity (Wildman–Crippen MR) is 66.4 cm³/mol. The van der Waals surface area contributed by atoms with E-state index in [9.17, 15) is 4.79 Å². The number of hydrogen-bond acceptors (Lipinski definition) is 4. The molecule has 0 amide bonds. The van der Waals surface area contributed by atoms with E-state index in [1.807, 2.05) is 19.1 Å². The molecule has 0 aliphatic heterocycles. The predicted octanol–water partition coefficient (Wildman–Crippen LogP) is 1.83. The highest BCUT2D eigenvalue weighted by molar-refractivity contribution is 5.83. The van der Waals surface area contributed by atoms with Crippen molar-refractivity contribution in [3.8, 4) is 5.75 Å². The maximum atomic E-state index is 11.4. The van der Waals surface area contributed by atoms with Crippen LogP contribution in [0.25, 0.3) is 11.0 Å². The van der Waals surface area contributed by atoms with Crippen molar-refractivity contribution in [2.24, 2.45) is 5.73 Å². The van der Waals surface area contributed by atoms with Gasteiger partial charge in [0.05, 0.1) is 18.1 Å². The maximum Gasteiger partial charge on any atom is 0.339 e. The minimum atomic E-state index is -0.399. The fourth-order valence-corrected chi connectivity index (χ4v) is 1.63. The van der Waals surface area contributed by atoms with Crippen molar-refractivity contribution in [2.75, 3.05) is 13.2 Å². The Labute approximate surface area is 99.0 Å². The number of benzene rings is 1. The molecule has 2 N–H and O–H groups in total. The molecule has 0 spiro atoms. The van der Waals surface area contributed by atoms with Gasteiger partial charge in [0.1, 0.15) is 11.3 Å². The van der Waals surface area contributed by atoms with Crippen LogP contribution in [0.1, 0.15) is 12.0 Å². The summed E-state index contributed by atoms with van der Waals surface area (Å²) in [5.74, 6) is 0.563. The third-order valence-electron chi connectivity index (χ3n) is 2.47. The van der Waals surface area contributed by atoms with E-state index in [4.69, 9.17) is 14.9 Å². The number of nitrogens with two attached hydrogens (primary N) is 1. The molecule has 90 valence electrons. The summed E-state index contributed by atoms with van der Waals surface area (Å²) in [6.45, 7) is 3.05. The molecule has 0 saturated heterocycles. The van der Waals surface area contributed by atoms with Crippen molar-refractivity contribution in [2.45, 2.75) is 13.3 Å². The van der Waals surface area contributed by atoms with Gasteiger partial charge in [0.25, 0.3) is 0 Å². The van der Waals surface area contributed by atoms with Crippen LogP contribution in [0.15, 0.2) is 33.5 Å². The summed E-state index contributed by atoms with van der Waals surface area (Å²) in [7, 11) is 0. The lowest BCUT2D eigenvalue weighted by Gasteiger charge is -2.08. The van der Waals surface area contributed by atoms with Gasteiger partial charge in [-0.2, -0.15) is 0 Å². The molecule has 1 heterocycles. The van der Waals surface area contributed by atoms with Gasteiger partial charge < -0.3 is 14.9 Å². The van der Waals surface area contributed by atoms with Gasteiger partial charge in [-0.25, -0.2) is 4.79 Å². The van der Waals surface area contributed by atoms with E-state index in [2.05, 4.69) is 0 Å². The Morgan fingerprint density at radius 2 is 2.18 bits per heavy atom. The molecular formula is C13H15NO3. The Balaban J connectivity index is 2.44. The van der Waals surface area contributed by atoms with Crippen LogP contribution >= 0.6 is 0 Å². The molecule has 2 aromatic rings. The second-order valence-corrected chi connectivity index (χ2v) is 3.92. The first-order valence-corrected chi connectivity index (χ1v) is 5.58. The van der Waals surface area contributed by atoms with E-state index in [0.29, 0.717) is 24.5 Å². The van der Waals surface area contributed by atoms with Gasteiger partial charge in [-0.15, -0.1) is 0 Å². The Morgan fingerprint density at radius 1 is 1.35 bits per heavy atom. The van der Waals surface area contributed by atoms with Crippen LogP contribution in [0.2, 0.25) is 0 Å². The largest absolute Gasteiger partial charge is 0.492 e. The fourth-order valence-electron chi connectivity index (χ4n) is 1.63. The molecule has 1 aromatic heterocycles. The molecule has 2 rings (SSSR count). The summed E-state index contributed by atoms with van der Waals surface area (Å²) >= 11 is 0. The van der Waals surface area contributed by atoms with Crippen molar-refractivity contribution >= 4 is 11.0 Å². The zero-order chi connectivity index (χ0) is 12.3. The normalized spacial score (nSPS) is 10.7. The molecule has 0 aliphatic carbocycles. The Kier molecular flexibility index (Phi) is 3.44. The van der Waals surface area contributed by atoms with Gasteiger partial charge in [-0.1, -0.05) is 11.6 Å². The van der Waals surface area contributed by atoms with Crippen molar-refractivity contribution in [1.29, 1.82) is 0 Å². The molecular weight excluding hydrogens is 218 g/mol. The van der Waals surface area contributed by atoms with Gasteiger partial charge in [0.2, 0.25) is 0 Å². The first-order chi connectivity index (χ1) is 8.20. The van der Waals surface area contributed by atoms with Crippen LogP contribution in [-0.2, 0) is 0 Å². The first kappa shape index (κ1) is 11.7. The van der Waals surface area contributed by atoms with Crippen LogP contribution in [-0.4, -0.2) is 13.2 Å². The second-order valence-electron chi connectivity index (χ2n) is 3.92. The SMILES string of the molecule is Cc1ccc2oc(=O)cc(OCCCN)c2c1. The molecule has 0 saturated carbocycles.